The Bertz CT molecular complexity index is 560. The van der Waals surface area contributed by atoms with Crippen molar-refractivity contribution in [3.8, 4) is 0 Å². The van der Waals surface area contributed by atoms with Crippen LogP contribution in [0.25, 0.3) is 0 Å². The van der Waals surface area contributed by atoms with E-state index in [9.17, 15) is 4.79 Å². The topological polar surface area (TPSA) is 68.0 Å². The molecule has 100 valence electrons. The van der Waals surface area contributed by atoms with Crippen molar-refractivity contribution in [3.05, 3.63) is 46.5 Å². The summed E-state index contributed by atoms with van der Waals surface area (Å²) in [5.41, 5.74) is 8.14. The van der Waals surface area contributed by atoms with Gasteiger partial charge in [-0.2, -0.15) is 0 Å². The first kappa shape index (κ1) is 13.7. The zero-order valence-electron chi connectivity index (χ0n) is 11.0. The maximum Gasteiger partial charge on any atom is 0.257 e. The van der Waals surface area contributed by atoms with Crippen LogP contribution < -0.4 is 11.1 Å². The molecule has 3 N–H and O–H groups in total. The number of anilines is 1. The quantitative estimate of drug-likeness (QED) is 0.901. The van der Waals surface area contributed by atoms with Crippen molar-refractivity contribution in [3.63, 3.8) is 0 Å². The number of benzene rings is 1. The summed E-state index contributed by atoms with van der Waals surface area (Å²) in [5, 5.41) is 5.41. The van der Waals surface area contributed by atoms with Crippen molar-refractivity contribution >= 4 is 22.4 Å². The standard InChI is InChI=1S/C14H17N3OS/c1-9(2)12-8-19-14(16-12)17-13(18)11-5-3-10(7-15)4-6-11/h3-6,8-9H,7,15H2,1-2H3,(H,16,17,18). The highest BCUT2D eigenvalue weighted by Crippen LogP contribution is 2.21. The van der Waals surface area contributed by atoms with Gasteiger partial charge in [0.25, 0.3) is 5.91 Å². The van der Waals surface area contributed by atoms with Gasteiger partial charge in [-0.05, 0) is 23.6 Å². The van der Waals surface area contributed by atoms with E-state index in [2.05, 4.69) is 24.1 Å². The fourth-order valence-corrected chi connectivity index (χ4v) is 2.44. The zero-order chi connectivity index (χ0) is 13.8. The Morgan fingerprint density at radius 2 is 2.05 bits per heavy atom. The predicted molar refractivity (Wildman–Crippen MR) is 78.5 cm³/mol. The molecule has 0 atom stereocenters. The summed E-state index contributed by atoms with van der Waals surface area (Å²) >= 11 is 1.45. The van der Waals surface area contributed by atoms with Crippen LogP contribution in [-0.2, 0) is 6.54 Å². The SMILES string of the molecule is CC(C)c1csc(NC(=O)c2ccc(CN)cc2)n1. The molecule has 0 aliphatic carbocycles. The highest BCUT2D eigenvalue weighted by Gasteiger charge is 2.10. The maximum atomic E-state index is 12.0. The monoisotopic (exact) mass is 275 g/mol. The number of nitrogens with one attached hydrogen (secondary N) is 1. The smallest absolute Gasteiger partial charge is 0.257 e. The molecule has 5 heteroatoms. The first-order valence-corrected chi connectivity index (χ1v) is 7.04. The number of carbonyl (C=O) groups excluding carboxylic acids is 1. The third-order valence-corrected chi connectivity index (χ3v) is 3.56. The van der Waals surface area contributed by atoms with E-state index in [4.69, 9.17) is 5.73 Å². The van der Waals surface area contributed by atoms with Crippen molar-refractivity contribution in [2.24, 2.45) is 5.73 Å². The highest BCUT2D eigenvalue weighted by atomic mass is 32.1. The van der Waals surface area contributed by atoms with Crippen molar-refractivity contribution in [2.45, 2.75) is 26.3 Å². The van der Waals surface area contributed by atoms with E-state index < -0.39 is 0 Å². The summed E-state index contributed by atoms with van der Waals surface area (Å²) in [6, 6.07) is 7.26. The number of aromatic nitrogens is 1. The molecular weight excluding hydrogens is 258 g/mol. The lowest BCUT2D eigenvalue weighted by Gasteiger charge is -2.03. The van der Waals surface area contributed by atoms with Gasteiger partial charge in [0.05, 0.1) is 5.69 Å². The summed E-state index contributed by atoms with van der Waals surface area (Å²) in [6.45, 7) is 4.63. The number of nitrogens with zero attached hydrogens (tertiary/aromatic N) is 1. The largest absolute Gasteiger partial charge is 0.326 e. The normalized spacial score (nSPS) is 10.7. The first-order chi connectivity index (χ1) is 9.10. The van der Waals surface area contributed by atoms with Crippen LogP contribution in [0, 0.1) is 0 Å². The second kappa shape index (κ2) is 5.95. The van der Waals surface area contributed by atoms with Gasteiger partial charge >= 0.3 is 0 Å². The fourth-order valence-electron chi connectivity index (χ4n) is 1.57. The van der Waals surface area contributed by atoms with E-state index in [-0.39, 0.29) is 5.91 Å². The van der Waals surface area contributed by atoms with Crippen molar-refractivity contribution in [2.75, 3.05) is 5.32 Å². The molecule has 1 aromatic heterocycles. The third kappa shape index (κ3) is 3.39. The summed E-state index contributed by atoms with van der Waals surface area (Å²) in [7, 11) is 0. The van der Waals surface area contributed by atoms with E-state index in [1.807, 2.05) is 17.5 Å². The lowest BCUT2D eigenvalue weighted by atomic mass is 10.1. The molecule has 0 aliphatic rings. The van der Waals surface area contributed by atoms with Crippen LogP contribution in [-0.4, -0.2) is 10.9 Å². The zero-order valence-corrected chi connectivity index (χ0v) is 11.8. The average Bonchev–Trinajstić information content (AvgIpc) is 2.87. The molecule has 0 unspecified atom stereocenters. The fraction of sp³-hybridized carbons (Fsp3) is 0.286. The molecule has 0 saturated carbocycles. The molecule has 0 radical (unpaired) electrons. The van der Waals surface area contributed by atoms with E-state index in [0.717, 1.165) is 11.3 Å². The minimum absolute atomic E-state index is 0.145. The Morgan fingerprint density at radius 1 is 1.37 bits per heavy atom. The molecule has 0 aliphatic heterocycles. The molecule has 0 spiro atoms. The number of nitrogens with two attached hydrogens (primary N) is 1. The Hall–Kier alpha value is -1.72. The Balaban J connectivity index is 2.06. The molecular formula is C14H17N3OS. The highest BCUT2D eigenvalue weighted by molar-refractivity contribution is 7.14. The molecule has 1 heterocycles. The van der Waals surface area contributed by atoms with Crippen molar-refractivity contribution in [1.29, 1.82) is 0 Å². The van der Waals surface area contributed by atoms with Gasteiger partial charge in [-0.3, -0.25) is 10.1 Å². The van der Waals surface area contributed by atoms with Crippen LogP contribution >= 0.6 is 11.3 Å². The maximum absolute atomic E-state index is 12.0. The third-order valence-electron chi connectivity index (χ3n) is 2.79. The van der Waals surface area contributed by atoms with Gasteiger partial charge < -0.3 is 5.73 Å². The molecule has 1 amide bonds. The van der Waals surface area contributed by atoms with Gasteiger partial charge in [0.1, 0.15) is 0 Å². The first-order valence-electron chi connectivity index (χ1n) is 6.16. The van der Waals surface area contributed by atoms with Gasteiger partial charge in [0.15, 0.2) is 5.13 Å². The van der Waals surface area contributed by atoms with Crippen LogP contribution in [0.15, 0.2) is 29.6 Å². The summed E-state index contributed by atoms with van der Waals surface area (Å²) in [6.07, 6.45) is 0. The van der Waals surface area contributed by atoms with Gasteiger partial charge in [-0.25, -0.2) is 4.98 Å². The van der Waals surface area contributed by atoms with Crippen molar-refractivity contribution in [1.82, 2.24) is 4.98 Å². The molecule has 19 heavy (non-hydrogen) atoms. The lowest BCUT2D eigenvalue weighted by Crippen LogP contribution is -2.12. The van der Waals surface area contributed by atoms with Crippen LogP contribution in [0.4, 0.5) is 5.13 Å². The molecule has 0 bridgehead atoms. The summed E-state index contributed by atoms with van der Waals surface area (Å²) in [5.74, 6) is 0.221. The van der Waals surface area contributed by atoms with Crippen LogP contribution in [0.3, 0.4) is 0 Å². The second-order valence-corrected chi connectivity index (χ2v) is 5.45. The van der Waals surface area contributed by atoms with E-state index in [1.54, 1.807) is 12.1 Å². The van der Waals surface area contributed by atoms with E-state index in [1.165, 1.54) is 11.3 Å². The number of rotatable bonds is 4. The Labute approximate surface area is 116 Å². The van der Waals surface area contributed by atoms with Crippen LogP contribution in [0.1, 0.15) is 41.4 Å². The van der Waals surface area contributed by atoms with Gasteiger partial charge in [0.2, 0.25) is 0 Å². The van der Waals surface area contributed by atoms with Crippen LogP contribution in [0.5, 0.6) is 0 Å². The van der Waals surface area contributed by atoms with Crippen LogP contribution in [0.2, 0.25) is 0 Å². The lowest BCUT2D eigenvalue weighted by molar-refractivity contribution is 0.102. The summed E-state index contributed by atoms with van der Waals surface area (Å²) in [4.78, 5) is 16.4. The molecule has 2 aromatic rings. The minimum atomic E-state index is -0.145. The molecule has 0 saturated heterocycles. The van der Waals surface area contributed by atoms with E-state index in [0.29, 0.717) is 23.2 Å². The number of hydrogen-bond donors (Lipinski definition) is 2. The van der Waals surface area contributed by atoms with Gasteiger partial charge in [-0.1, -0.05) is 26.0 Å². The number of thiazole rings is 1. The minimum Gasteiger partial charge on any atom is -0.326 e. The van der Waals surface area contributed by atoms with Crippen molar-refractivity contribution < 1.29 is 4.79 Å². The predicted octanol–water partition coefficient (Wildman–Crippen LogP) is 2.98. The number of amides is 1. The molecule has 0 fully saturated rings. The Morgan fingerprint density at radius 3 is 2.58 bits per heavy atom. The van der Waals surface area contributed by atoms with Gasteiger partial charge in [-0.15, -0.1) is 11.3 Å². The molecule has 2 rings (SSSR count). The average molecular weight is 275 g/mol. The second-order valence-electron chi connectivity index (χ2n) is 4.59. The number of carbonyl (C=O) groups is 1. The number of hydrogen-bond acceptors (Lipinski definition) is 4. The molecule has 4 nitrogen and oxygen atoms in total. The van der Waals surface area contributed by atoms with E-state index >= 15 is 0 Å². The van der Waals surface area contributed by atoms with Gasteiger partial charge in [0, 0.05) is 17.5 Å². The Kier molecular flexibility index (Phi) is 4.29. The summed E-state index contributed by atoms with van der Waals surface area (Å²) < 4.78 is 0. The molecule has 1 aromatic carbocycles.